The highest BCUT2D eigenvalue weighted by Gasteiger charge is 2.27. The molecule has 0 saturated carbocycles. The SMILES string of the molecule is CCCC(C#N)(CCO)CCO. The Kier molecular flexibility index (Phi) is 5.69. The van der Waals surface area contributed by atoms with E-state index >= 15 is 0 Å². The van der Waals surface area contributed by atoms with Gasteiger partial charge in [-0.15, -0.1) is 0 Å². The van der Waals surface area contributed by atoms with Gasteiger partial charge in [0.1, 0.15) is 0 Å². The van der Waals surface area contributed by atoms with E-state index in [2.05, 4.69) is 6.07 Å². The van der Waals surface area contributed by atoms with Gasteiger partial charge in [0.15, 0.2) is 0 Å². The summed E-state index contributed by atoms with van der Waals surface area (Å²) >= 11 is 0. The lowest BCUT2D eigenvalue weighted by atomic mass is 9.79. The van der Waals surface area contributed by atoms with Crippen LogP contribution in [0.25, 0.3) is 0 Å². The Balaban J connectivity index is 4.19. The minimum Gasteiger partial charge on any atom is -0.396 e. The zero-order valence-corrected chi connectivity index (χ0v) is 7.58. The molecule has 3 heteroatoms. The molecule has 0 saturated heterocycles. The van der Waals surface area contributed by atoms with Crippen LogP contribution in [0.1, 0.15) is 32.6 Å². The first kappa shape index (κ1) is 11.4. The van der Waals surface area contributed by atoms with Crippen LogP contribution in [0.2, 0.25) is 0 Å². The third-order valence-electron chi connectivity index (χ3n) is 2.15. The summed E-state index contributed by atoms with van der Waals surface area (Å²) < 4.78 is 0. The third kappa shape index (κ3) is 3.21. The summed E-state index contributed by atoms with van der Waals surface area (Å²) in [6.07, 6.45) is 2.61. The zero-order valence-electron chi connectivity index (χ0n) is 7.58. The van der Waals surface area contributed by atoms with Crippen LogP contribution in [0.4, 0.5) is 0 Å². The molecule has 0 rings (SSSR count). The van der Waals surface area contributed by atoms with Gasteiger partial charge in [0.25, 0.3) is 0 Å². The normalized spacial score (nSPS) is 11.2. The van der Waals surface area contributed by atoms with Gasteiger partial charge < -0.3 is 10.2 Å². The molecule has 70 valence electrons. The van der Waals surface area contributed by atoms with Crippen LogP contribution in [0, 0.1) is 16.7 Å². The van der Waals surface area contributed by atoms with Crippen LogP contribution in [-0.4, -0.2) is 23.4 Å². The van der Waals surface area contributed by atoms with Gasteiger partial charge in [-0.25, -0.2) is 0 Å². The van der Waals surface area contributed by atoms with Crippen LogP contribution in [-0.2, 0) is 0 Å². The molecule has 12 heavy (non-hydrogen) atoms. The Morgan fingerprint density at radius 2 is 1.67 bits per heavy atom. The Hall–Kier alpha value is -0.590. The van der Waals surface area contributed by atoms with Crippen molar-refractivity contribution in [1.29, 1.82) is 5.26 Å². The van der Waals surface area contributed by atoms with Gasteiger partial charge in [-0.05, 0) is 19.3 Å². The number of hydrogen-bond donors (Lipinski definition) is 2. The van der Waals surface area contributed by atoms with E-state index in [4.69, 9.17) is 15.5 Å². The average molecular weight is 171 g/mol. The van der Waals surface area contributed by atoms with Gasteiger partial charge in [-0.3, -0.25) is 0 Å². The average Bonchev–Trinajstić information content (AvgIpc) is 2.06. The highest BCUT2D eigenvalue weighted by atomic mass is 16.3. The molecule has 0 bridgehead atoms. The van der Waals surface area contributed by atoms with Crippen molar-refractivity contribution in [1.82, 2.24) is 0 Å². The second-order valence-corrected chi connectivity index (χ2v) is 3.09. The molecule has 3 nitrogen and oxygen atoms in total. The molecule has 0 amide bonds. The summed E-state index contributed by atoms with van der Waals surface area (Å²) in [4.78, 5) is 0. The predicted octanol–water partition coefficient (Wildman–Crippen LogP) is 1.06. The van der Waals surface area contributed by atoms with Crippen LogP contribution >= 0.6 is 0 Å². The standard InChI is InChI=1S/C9H17NO2/c1-2-3-9(8-10,4-6-11)5-7-12/h11-12H,2-7H2,1H3. The quantitative estimate of drug-likeness (QED) is 0.628. The lowest BCUT2D eigenvalue weighted by molar-refractivity contribution is 0.168. The molecule has 0 radical (unpaired) electrons. The Morgan fingerprint density at radius 1 is 1.17 bits per heavy atom. The van der Waals surface area contributed by atoms with E-state index < -0.39 is 5.41 Å². The van der Waals surface area contributed by atoms with Gasteiger partial charge in [0.2, 0.25) is 0 Å². The second-order valence-electron chi connectivity index (χ2n) is 3.09. The molecule has 0 heterocycles. The minimum absolute atomic E-state index is 0.0214. The number of nitriles is 1. The van der Waals surface area contributed by atoms with Crippen LogP contribution in [0.3, 0.4) is 0 Å². The number of aliphatic hydroxyl groups is 2. The number of nitrogens with zero attached hydrogens (tertiary/aromatic N) is 1. The van der Waals surface area contributed by atoms with Crippen molar-refractivity contribution < 1.29 is 10.2 Å². The van der Waals surface area contributed by atoms with E-state index in [0.717, 1.165) is 12.8 Å². The lowest BCUT2D eigenvalue weighted by Gasteiger charge is -2.23. The van der Waals surface area contributed by atoms with Gasteiger partial charge in [-0.1, -0.05) is 13.3 Å². The van der Waals surface area contributed by atoms with E-state index in [-0.39, 0.29) is 13.2 Å². The van der Waals surface area contributed by atoms with E-state index in [9.17, 15) is 0 Å². The molecule has 0 fully saturated rings. The van der Waals surface area contributed by atoms with Gasteiger partial charge in [-0.2, -0.15) is 5.26 Å². The molecule has 0 aromatic rings. The van der Waals surface area contributed by atoms with Crippen molar-refractivity contribution in [3.05, 3.63) is 0 Å². The van der Waals surface area contributed by atoms with Crippen molar-refractivity contribution in [2.45, 2.75) is 32.6 Å². The molecule has 0 unspecified atom stereocenters. The first-order valence-corrected chi connectivity index (χ1v) is 4.37. The maximum atomic E-state index is 8.90. The molecule has 0 aliphatic carbocycles. The van der Waals surface area contributed by atoms with Crippen LogP contribution in [0.5, 0.6) is 0 Å². The summed E-state index contributed by atoms with van der Waals surface area (Å²) in [5, 5.41) is 26.4. The largest absolute Gasteiger partial charge is 0.396 e. The monoisotopic (exact) mass is 171 g/mol. The van der Waals surface area contributed by atoms with E-state index in [0.29, 0.717) is 12.8 Å². The molecule has 0 aromatic heterocycles. The number of aliphatic hydroxyl groups excluding tert-OH is 2. The summed E-state index contributed by atoms with van der Waals surface area (Å²) in [5.74, 6) is 0. The van der Waals surface area contributed by atoms with Crippen LogP contribution in [0.15, 0.2) is 0 Å². The molecule has 0 aliphatic heterocycles. The molecule has 0 spiro atoms. The highest BCUT2D eigenvalue weighted by molar-refractivity contribution is 4.98. The fraction of sp³-hybridized carbons (Fsp3) is 0.889. The van der Waals surface area contributed by atoms with Gasteiger partial charge in [0.05, 0.1) is 11.5 Å². The minimum atomic E-state index is -0.502. The van der Waals surface area contributed by atoms with Crippen molar-refractivity contribution in [2.75, 3.05) is 13.2 Å². The summed E-state index contributed by atoms with van der Waals surface area (Å²) in [6.45, 7) is 2.04. The Labute approximate surface area is 73.6 Å². The molecular formula is C9H17NO2. The zero-order chi connectivity index (χ0) is 9.45. The third-order valence-corrected chi connectivity index (χ3v) is 2.15. The van der Waals surface area contributed by atoms with E-state index in [1.807, 2.05) is 6.92 Å². The van der Waals surface area contributed by atoms with Crippen molar-refractivity contribution in [3.8, 4) is 6.07 Å². The van der Waals surface area contributed by atoms with E-state index in [1.54, 1.807) is 0 Å². The summed E-state index contributed by atoms with van der Waals surface area (Å²) in [6, 6.07) is 2.20. The maximum absolute atomic E-state index is 8.90. The van der Waals surface area contributed by atoms with Crippen molar-refractivity contribution in [2.24, 2.45) is 5.41 Å². The molecule has 0 aromatic carbocycles. The van der Waals surface area contributed by atoms with Crippen LogP contribution < -0.4 is 0 Å². The predicted molar refractivity (Wildman–Crippen MR) is 46.4 cm³/mol. The molecule has 0 atom stereocenters. The number of hydrogen-bond acceptors (Lipinski definition) is 3. The number of rotatable bonds is 6. The lowest BCUT2D eigenvalue weighted by Crippen LogP contribution is -2.21. The fourth-order valence-corrected chi connectivity index (χ4v) is 1.45. The first-order chi connectivity index (χ1) is 5.74. The highest BCUT2D eigenvalue weighted by Crippen LogP contribution is 2.30. The Morgan fingerprint density at radius 3 is 1.92 bits per heavy atom. The smallest absolute Gasteiger partial charge is 0.0691 e. The second kappa shape index (κ2) is 5.99. The molecule has 2 N–H and O–H groups in total. The van der Waals surface area contributed by atoms with Crippen molar-refractivity contribution in [3.63, 3.8) is 0 Å². The maximum Gasteiger partial charge on any atom is 0.0691 e. The molecular weight excluding hydrogens is 154 g/mol. The van der Waals surface area contributed by atoms with Gasteiger partial charge >= 0.3 is 0 Å². The summed E-state index contributed by atoms with van der Waals surface area (Å²) in [5.41, 5.74) is -0.502. The topological polar surface area (TPSA) is 64.2 Å². The van der Waals surface area contributed by atoms with Gasteiger partial charge in [0, 0.05) is 13.2 Å². The summed E-state index contributed by atoms with van der Waals surface area (Å²) in [7, 11) is 0. The molecule has 0 aliphatic rings. The van der Waals surface area contributed by atoms with Crippen molar-refractivity contribution >= 4 is 0 Å². The first-order valence-electron chi connectivity index (χ1n) is 4.37. The fourth-order valence-electron chi connectivity index (χ4n) is 1.45. The Bertz CT molecular complexity index is 134. The van der Waals surface area contributed by atoms with E-state index in [1.165, 1.54) is 0 Å².